The maximum atomic E-state index is 14.2. The molecule has 26 heavy (non-hydrogen) atoms. The number of anilines is 1. The van der Waals surface area contributed by atoms with Crippen molar-refractivity contribution in [2.75, 3.05) is 24.6 Å². The van der Waals surface area contributed by atoms with E-state index in [9.17, 15) is 4.39 Å². The van der Waals surface area contributed by atoms with Gasteiger partial charge in [0.1, 0.15) is 11.9 Å². The quantitative estimate of drug-likeness (QED) is 0.807. The van der Waals surface area contributed by atoms with E-state index in [4.69, 9.17) is 10.5 Å². The van der Waals surface area contributed by atoms with E-state index in [2.05, 4.69) is 22.3 Å². The molecule has 8 heteroatoms. The molecule has 1 aromatic heterocycles. The lowest BCUT2D eigenvalue weighted by molar-refractivity contribution is 0.115. The standard InChI is InChI=1S/C18H22FN5OS/c1-11(12-4-6-21-7-5-12)25-17-10-26-18-22-16(9-24(18)23-17)14-3-2-13(20)8-15(14)19/h2-3,8-9,11-12,21H,4-7,10,20H2,1H3. The van der Waals surface area contributed by atoms with Crippen LogP contribution in [0.4, 0.5) is 10.1 Å². The Kier molecular flexibility index (Phi) is 4.86. The van der Waals surface area contributed by atoms with Gasteiger partial charge in [-0.25, -0.2) is 14.1 Å². The van der Waals surface area contributed by atoms with Crippen molar-refractivity contribution in [1.29, 1.82) is 0 Å². The topological polar surface area (TPSA) is 77.5 Å². The van der Waals surface area contributed by atoms with E-state index in [1.165, 1.54) is 6.07 Å². The molecule has 4 rings (SSSR count). The van der Waals surface area contributed by atoms with Crippen molar-refractivity contribution in [3.05, 3.63) is 30.2 Å². The highest BCUT2D eigenvalue weighted by atomic mass is 32.2. The van der Waals surface area contributed by atoms with Crippen molar-refractivity contribution in [1.82, 2.24) is 15.0 Å². The number of nitrogens with zero attached hydrogens (tertiary/aromatic N) is 3. The highest BCUT2D eigenvalue weighted by Gasteiger charge is 2.25. The van der Waals surface area contributed by atoms with Gasteiger partial charge in [0.05, 0.1) is 17.6 Å². The Morgan fingerprint density at radius 1 is 1.38 bits per heavy atom. The molecule has 2 aromatic rings. The Hall–Kier alpha value is -2.06. The molecule has 1 atom stereocenters. The molecule has 0 aliphatic carbocycles. The van der Waals surface area contributed by atoms with E-state index < -0.39 is 0 Å². The first-order chi connectivity index (χ1) is 12.6. The Balaban J connectivity index is 1.52. The van der Waals surface area contributed by atoms with Crippen LogP contribution in [0.15, 0.2) is 34.7 Å². The smallest absolute Gasteiger partial charge is 0.217 e. The molecule has 0 spiro atoms. The Labute approximate surface area is 156 Å². The molecule has 2 aliphatic rings. The van der Waals surface area contributed by atoms with Gasteiger partial charge >= 0.3 is 0 Å². The summed E-state index contributed by atoms with van der Waals surface area (Å²) in [6, 6.07) is 4.62. The number of piperidine rings is 1. The minimum absolute atomic E-state index is 0.135. The summed E-state index contributed by atoms with van der Waals surface area (Å²) in [7, 11) is 0. The van der Waals surface area contributed by atoms with Crippen molar-refractivity contribution in [2.24, 2.45) is 11.0 Å². The Morgan fingerprint density at radius 2 is 2.19 bits per heavy atom. The summed E-state index contributed by atoms with van der Waals surface area (Å²) >= 11 is 1.55. The number of imidazole rings is 1. The fourth-order valence-corrected chi connectivity index (χ4v) is 4.12. The van der Waals surface area contributed by atoms with Gasteiger partial charge < -0.3 is 15.8 Å². The van der Waals surface area contributed by atoms with Crippen LogP contribution in [0.2, 0.25) is 0 Å². The number of nitrogens with two attached hydrogens (primary N) is 1. The summed E-state index contributed by atoms with van der Waals surface area (Å²) in [6.07, 6.45) is 4.11. The van der Waals surface area contributed by atoms with Gasteiger partial charge in [-0.2, -0.15) is 0 Å². The second-order valence-electron chi connectivity index (χ2n) is 6.69. The van der Waals surface area contributed by atoms with Crippen molar-refractivity contribution < 1.29 is 9.13 Å². The number of thioether (sulfide) groups is 1. The van der Waals surface area contributed by atoms with Crippen molar-refractivity contribution in [2.45, 2.75) is 31.0 Å². The second-order valence-corrected chi connectivity index (χ2v) is 7.63. The van der Waals surface area contributed by atoms with Crippen LogP contribution in [0.25, 0.3) is 11.3 Å². The molecule has 1 unspecified atom stereocenters. The number of ether oxygens (including phenoxy) is 1. The minimum Gasteiger partial charge on any atom is -0.476 e. The lowest BCUT2D eigenvalue weighted by Gasteiger charge is -2.29. The highest BCUT2D eigenvalue weighted by molar-refractivity contribution is 7.99. The van der Waals surface area contributed by atoms with Crippen LogP contribution < -0.4 is 11.1 Å². The van der Waals surface area contributed by atoms with Crippen LogP contribution in [-0.4, -0.2) is 40.5 Å². The summed E-state index contributed by atoms with van der Waals surface area (Å²) in [5, 5.41) is 8.64. The third-order valence-corrected chi connectivity index (χ3v) is 5.77. The van der Waals surface area contributed by atoms with Crippen LogP contribution in [-0.2, 0) is 4.74 Å². The number of aromatic nitrogens is 2. The van der Waals surface area contributed by atoms with E-state index in [0.717, 1.165) is 31.1 Å². The molecule has 3 heterocycles. The van der Waals surface area contributed by atoms with Gasteiger partial charge in [0.2, 0.25) is 5.90 Å². The second kappa shape index (κ2) is 7.28. The molecular formula is C18H22FN5OS. The van der Waals surface area contributed by atoms with Crippen molar-refractivity contribution in [3.8, 4) is 11.3 Å². The van der Waals surface area contributed by atoms with E-state index >= 15 is 0 Å². The number of nitrogens with one attached hydrogen (secondary N) is 1. The van der Waals surface area contributed by atoms with Gasteiger partial charge in [0, 0.05) is 11.3 Å². The molecule has 1 saturated heterocycles. The Morgan fingerprint density at radius 3 is 2.96 bits per heavy atom. The van der Waals surface area contributed by atoms with Crippen LogP contribution in [0.5, 0.6) is 0 Å². The molecular weight excluding hydrogens is 353 g/mol. The zero-order valence-corrected chi connectivity index (χ0v) is 15.4. The number of benzene rings is 1. The zero-order chi connectivity index (χ0) is 18.1. The summed E-state index contributed by atoms with van der Waals surface area (Å²) in [5.41, 5.74) is 6.97. The van der Waals surface area contributed by atoms with Gasteiger partial charge in [-0.05, 0) is 57.0 Å². The number of hydrogen-bond donors (Lipinski definition) is 2. The maximum Gasteiger partial charge on any atom is 0.217 e. The molecule has 3 N–H and O–H groups in total. The number of nitrogen functional groups attached to an aromatic ring is 1. The van der Waals surface area contributed by atoms with E-state index in [1.54, 1.807) is 34.8 Å². The van der Waals surface area contributed by atoms with Gasteiger partial charge in [-0.15, -0.1) is 5.10 Å². The lowest BCUT2D eigenvalue weighted by atomic mass is 9.93. The first-order valence-corrected chi connectivity index (χ1v) is 9.81. The van der Waals surface area contributed by atoms with Crippen molar-refractivity contribution >= 4 is 23.3 Å². The fraction of sp³-hybridized carbons (Fsp3) is 0.444. The number of rotatable bonds is 3. The molecule has 0 radical (unpaired) electrons. The van der Waals surface area contributed by atoms with Gasteiger partial charge in [-0.3, -0.25) is 0 Å². The zero-order valence-electron chi connectivity index (χ0n) is 14.6. The predicted molar refractivity (Wildman–Crippen MR) is 102 cm³/mol. The first-order valence-electron chi connectivity index (χ1n) is 8.83. The third-order valence-electron chi connectivity index (χ3n) is 4.84. The normalized spacial score (nSPS) is 18.9. The molecule has 0 saturated carbocycles. The van der Waals surface area contributed by atoms with Crippen LogP contribution in [0.1, 0.15) is 19.8 Å². The minimum atomic E-state index is -0.384. The molecule has 1 aromatic carbocycles. The van der Waals surface area contributed by atoms with E-state index in [-0.39, 0.29) is 11.9 Å². The average molecular weight is 375 g/mol. The first kappa shape index (κ1) is 17.4. The molecule has 2 aliphatic heterocycles. The van der Waals surface area contributed by atoms with Crippen molar-refractivity contribution in [3.63, 3.8) is 0 Å². The van der Waals surface area contributed by atoms with Gasteiger partial charge in [0.25, 0.3) is 0 Å². The average Bonchev–Trinajstić information content (AvgIpc) is 3.05. The van der Waals surface area contributed by atoms with Gasteiger partial charge in [0.15, 0.2) is 5.16 Å². The maximum absolute atomic E-state index is 14.2. The molecule has 138 valence electrons. The summed E-state index contributed by atoms with van der Waals surface area (Å²) < 4.78 is 21.9. The number of halogens is 1. The fourth-order valence-electron chi connectivity index (χ4n) is 3.35. The largest absolute Gasteiger partial charge is 0.476 e. The summed E-state index contributed by atoms with van der Waals surface area (Å²) in [6.45, 7) is 4.20. The SMILES string of the molecule is CC(OC1=Nn2cc(-c3ccc(N)cc3F)nc2SC1)C1CCNCC1. The molecule has 0 bridgehead atoms. The van der Waals surface area contributed by atoms with E-state index in [0.29, 0.717) is 34.5 Å². The molecule has 6 nitrogen and oxygen atoms in total. The Bertz CT molecular complexity index is 831. The number of hydrogen-bond acceptors (Lipinski definition) is 6. The van der Waals surface area contributed by atoms with E-state index in [1.807, 2.05) is 0 Å². The van der Waals surface area contributed by atoms with Gasteiger partial charge in [-0.1, -0.05) is 11.8 Å². The van der Waals surface area contributed by atoms with Crippen LogP contribution >= 0.6 is 11.8 Å². The number of fused-ring (bicyclic) bond motifs is 1. The monoisotopic (exact) mass is 375 g/mol. The predicted octanol–water partition coefficient (Wildman–Crippen LogP) is 2.94. The summed E-state index contributed by atoms with van der Waals surface area (Å²) in [4.78, 5) is 4.49. The van der Waals surface area contributed by atoms with Crippen LogP contribution in [0, 0.1) is 11.7 Å². The molecule has 0 amide bonds. The highest BCUT2D eigenvalue weighted by Crippen LogP contribution is 2.30. The van der Waals surface area contributed by atoms with Crippen LogP contribution in [0.3, 0.4) is 0 Å². The summed E-state index contributed by atoms with van der Waals surface area (Å²) in [5.74, 6) is 1.49. The third kappa shape index (κ3) is 3.57. The molecule has 1 fully saturated rings. The lowest BCUT2D eigenvalue weighted by Crippen LogP contribution is -2.35.